The first-order chi connectivity index (χ1) is 5.95. The zero-order valence-electron chi connectivity index (χ0n) is 7.14. The molecule has 0 aliphatic heterocycles. The van der Waals surface area contributed by atoms with Crippen LogP contribution in [0.4, 0.5) is 0 Å². The quantitative estimate of drug-likeness (QED) is 0.721. The van der Waals surface area contributed by atoms with E-state index in [2.05, 4.69) is 4.98 Å². The van der Waals surface area contributed by atoms with E-state index in [1.807, 2.05) is 0 Å². The zero-order chi connectivity index (χ0) is 10.2. The number of aromatic carboxylic acids is 1. The molecule has 1 heterocycles. The molecule has 1 aromatic heterocycles. The van der Waals surface area contributed by atoms with Crippen molar-refractivity contribution in [1.29, 1.82) is 0 Å². The lowest BCUT2D eigenvalue weighted by Gasteiger charge is -2.04. The van der Waals surface area contributed by atoms with E-state index in [-0.39, 0.29) is 10.6 Å². The van der Waals surface area contributed by atoms with Crippen LogP contribution in [0.1, 0.15) is 21.6 Å². The van der Waals surface area contributed by atoms with Gasteiger partial charge < -0.3 is 10.1 Å². The summed E-state index contributed by atoms with van der Waals surface area (Å²) in [6.07, 6.45) is 0. The van der Waals surface area contributed by atoms with Crippen molar-refractivity contribution < 1.29 is 9.90 Å². The highest BCUT2D eigenvalue weighted by Crippen LogP contribution is 2.18. The van der Waals surface area contributed by atoms with E-state index in [9.17, 15) is 9.59 Å². The predicted molar refractivity (Wildman–Crippen MR) is 48.5 cm³/mol. The lowest BCUT2D eigenvalue weighted by molar-refractivity contribution is 0.0694. The van der Waals surface area contributed by atoms with Crippen molar-refractivity contribution in [2.75, 3.05) is 0 Å². The van der Waals surface area contributed by atoms with E-state index in [1.165, 1.54) is 6.92 Å². The summed E-state index contributed by atoms with van der Waals surface area (Å²) in [6.45, 7) is 3.12. The van der Waals surface area contributed by atoms with E-state index in [0.29, 0.717) is 11.3 Å². The molecule has 13 heavy (non-hydrogen) atoms. The molecule has 0 aromatic carbocycles. The number of aromatic nitrogens is 1. The Labute approximate surface area is 79.2 Å². The van der Waals surface area contributed by atoms with Gasteiger partial charge in [-0.2, -0.15) is 0 Å². The third-order valence-corrected chi connectivity index (χ3v) is 2.34. The maximum atomic E-state index is 11.2. The minimum Gasteiger partial charge on any atom is -0.477 e. The average molecular weight is 202 g/mol. The Hall–Kier alpha value is -1.29. The minimum absolute atomic E-state index is 0.289. The summed E-state index contributed by atoms with van der Waals surface area (Å²) in [7, 11) is 0. The Morgan fingerprint density at radius 3 is 2.46 bits per heavy atom. The molecule has 0 aliphatic carbocycles. The third kappa shape index (κ3) is 1.58. The molecule has 0 fully saturated rings. The van der Waals surface area contributed by atoms with Crippen molar-refractivity contribution in [3.63, 3.8) is 0 Å². The Balaban J connectivity index is 3.63. The molecule has 0 unspecified atom stereocenters. The van der Waals surface area contributed by atoms with Gasteiger partial charge in [0.2, 0.25) is 0 Å². The normalized spacial score (nSPS) is 10.1. The van der Waals surface area contributed by atoms with Crippen LogP contribution in [-0.4, -0.2) is 16.1 Å². The van der Waals surface area contributed by atoms with E-state index in [1.54, 1.807) is 6.92 Å². The molecular formula is C8H8ClNO3. The second kappa shape index (κ2) is 3.22. The molecule has 2 N–H and O–H groups in total. The van der Waals surface area contributed by atoms with Crippen LogP contribution in [-0.2, 0) is 0 Å². The lowest BCUT2D eigenvalue weighted by atomic mass is 10.1. The highest BCUT2D eigenvalue weighted by atomic mass is 35.5. The maximum absolute atomic E-state index is 11.2. The van der Waals surface area contributed by atoms with Gasteiger partial charge >= 0.3 is 5.97 Å². The molecule has 70 valence electrons. The van der Waals surface area contributed by atoms with Crippen molar-refractivity contribution in [3.8, 4) is 0 Å². The number of halogens is 1. The molecule has 0 saturated carbocycles. The first-order valence-corrected chi connectivity index (χ1v) is 3.95. The number of hydrogen-bond donors (Lipinski definition) is 2. The number of aryl methyl sites for hydroxylation is 1. The Kier molecular flexibility index (Phi) is 2.43. The highest BCUT2D eigenvalue weighted by Gasteiger charge is 2.16. The van der Waals surface area contributed by atoms with Gasteiger partial charge in [-0.3, -0.25) is 4.79 Å². The standard InChI is InChI=1S/C8H8ClNO3/c1-3-5(8(12)13)7(11)10-4(2)6(3)9/h1-2H3,(H,10,11)(H,12,13). The number of carboxylic acid groups (broad SMARTS) is 1. The topological polar surface area (TPSA) is 70.2 Å². The van der Waals surface area contributed by atoms with Crippen LogP contribution in [0.5, 0.6) is 0 Å². The number of carboxylic acids is 1. The van der Waals surface area contributed by atoms with Gasteiger partial charge in [-0.25, -0.2) is 4.79 Å². The highest BCUT2D eigenvalue weighted by molar-refractivity contribution is 6.32. The zero-order valence-corrected chi connectivity index (χ0v) is 7.90. The summed E-state index contributed by atoms with van der Waals surface area (Å²) >= 11 is 5.77. The van der Waals surface area contributed by atoms with Crippen molar-refractivity contribution >= 4 is 17.6 Å². The van der Waals surface area contributed by atoms with Gasteiger partial charge in [-0.05, 0) is 19.4 Å². The van der Waals surface area contributed by atoms with Crippen LogP contribution in [0, 0.1) is 13.8 Å². The number of nitrogens with one attached hydrogen (secondary N) is 1. The Morgan fingerprint density at radius 1 is 1.46 bits per heavy atom. The Bertz CT molecular complexity index is 422. The number of pyridine rings is 1. The van der Waals surface area contributed by atoms with Gasteiger partial charge in [-0.1, -0.05) is 11.6 Å². The number of rotatable bonds is 1. The molecule has 0 amide bonds. The van der Waals surface area contributed by atoms with Gasteiger partial charge in [-0.15, -0.1) is 0 Å². The summed E-state index contributed by atoms with van der Waals surface area (Å²) in [5.74, 6) is -1.26. The minimum atomic E-state index is -1.26. The largest absolute Gasteiger partial charge is 0.477 e. The first-order valence-electron chi connectivity index (χ1n) is 3.57. The summed E-state index contributed by atoms with van der Waals surface area (Å²) < 4.78 is 0. The van der Waals surface area contributed by atoms with Crippen molar-refractivity contribution in [1.82, 2.24) is 4.98 Å². The summed E-state index contributed by atoms with van der Waals surface area (Å²) in [5.41, 5.74) is -0.132. The van der Waals surface area contributed by atoms with Crippen LogP contribution in [0.3, 0.4) is 0 Å². The fourth-order valence-electron chi connectivity index (χ4n) is 1.11. The van der Waals surface area contributed by atoms with Crippen LogP contribution >= 0.6 is 11.6 Å². The molecule has 0 bridgehead atoms. The molecule has 5 heteroatoms. The fourth-order valence-corrected chi connectivity index (χ4v) is 1.25. The molecule has 0 atom stereocenters. The maximum Gasteiger partial charge on any atom is 0.341 e. The second-order valence-electron chi connectivity index (χ2n) is 2.70. The van der Waals surface area contributed by atoms with Crippen molar-refractivity contribution in [2.45, 2.75) is 13.8 Å². The van der Waals surface area contributed by atoms with Crippen LogP contribution in [0.2, 0.25) is 5.02 Å². The summed E-state index contributed by atoms with van der Waals surface area (Å²) in [4.78, 5) is 24.1. The number of hydrogen-bond acceptors (Lipinski definition) is 2. The fraction of sp³-hybridized carbons (Fsp3) is 0.250. The van der Waals surface area contributed by atoms with Crippen LogP contribution in [0.15, 0.2) is 4.79 Å². The van der Waals surface area contributed by atoms with E-state index in [0.717, 1.165) is 0 Å². The van der Waals surface area contributed by atoms with Gasteiger partial charge in [0.15, 0.2) is 0 Å². The second-order valence-corrected chi connectivity index (χ2v) is 3.08. The van der Waals surface area contributed by atoms with Gasteiger partial charge in [0.05, 0.1) is 5.02 Å². The summed E-state index contributed by atoms with van der Waals surface area (Å²) in [5, 5.41) is 8.97. The molecule has 1 rings (SSSR count). The molecule has 0 radical (unpaired) electrons. The van der Waals surface area contributed by atoms with Gasteiger partial charge in [0, 0.05) is 5.69 Å². The molecule has 0 saturated heterocycles. The smallest absolute Gasteiger partial charge is 0.341 e. The molecule has 1 aromatic rings. The monoisotopic (exact) mass is 201 g/mol. The van der Waals surface area contributed by atoms with Crippen molar-refractivity contribution in [3.05, 3.63) is 32.2 Å². The number of H-pyrrole nitrogens is 1. The van der Waals surface area contributed by atoms with E-state index >= 15 is 0 Å². The van der Waals surface area contributed by atoms with Crippen molar-refractivity contribution in [2.24, 2.45) is 0 Å². The predicted octanol–water partition coefficient (Wildman–Crippen LogP) is 1.34. The van der Waals surface area contributed by atoms with Crippen LogP contribution < -0.4 is 5.56 Å². The number of carbonyl (C=O) groups is 1. The third-order valence-electron chi connectivity index (χ3n) is 1.78. The average Bonchev–Trinajstić information content (AvgIpc) is 1.99. The first kappa shape index (κ1) is 9.80. The Morgan fingerprint density at radius 2 is 2.00 bits per heavy atom. The summed E-state index contributed by atoms with van der Waals surface area (Å²) in [6, 6.07) is 0. The van der Waals surface area contributed by atoms with Gasteiger partial charge in [0.1, 0.15) is 5.56 Å². The lowest BCUT2D eigenvalue weighted by Crippen LogP contribution is -2.20. The van der Waals surface area contributed by atoms with E-state index < -0.39 is 11.5 Å². The molecular weight excluding hydrogens is 194 g/mol. The van der Waals surface area contributed by atoms with Crippen LogP contribution in [0.25, 0.3) is 0 Å². The molecule has 0 spiro atoms. The number of aromatic amines is 1. The molecule has 0 aliphatic rings. The van der Waals surface area contributed by atoms with Gasteiger partial charge in [0.25, 0.3) is 5.56 Å². The SMILES string of the molecule is Cc1[nH]c(=O)c(C(=O)O)c(C)c1Cl. The van der Waals surface area contributed by atoms with E-state index in [4.69, 9.17) is 16.7 Å². The molecule has 4 nitrogen and oxygen atoms in total.